The van der Waals surface area contributed by atoms with E-state index >= 15 is 0 Å². The predicted octanol–water partition coefficient (Wildman–Crippen LogP) is 4.37. The Hall–Kier alpha value is -2.14. The molecule has 0 bridgehead atoms. The van der Waals surface area contributed by atoms with E-state index in [0.717, 1.165) is 26.9 Å². The number of carbonyl (C=O) groups is 2. The van der Waals surface area contributed by atoms with Gasteiger partial charge in [0.25, 0.3) is 0 Å². The summed E-state index contributed by atoms with van der Waals surface area (Å²) >= 11 is 3.46. The first-order valence-corrected chi connectivity index (χ1v) is 8.49. The van der Waals surface area contributed by atoms with Crippen LogP contribution in [0.2, 0.25) is 0 Å². The van der Waals surface area contributed by atoms with Gasteiger partial charge in [-0.25, -0.2) is 0 Å². The van der Waals surface area contributed by atoms with Crippen molar-refractivity contribution in [3.8, 4) is 0 Å². The molecule has 0 saturated carbocycles. The van der Waals surface area contributed by atoms with Crippen LogP contribution in [0.3, 0.4) is 0 Å². The first kappa shape index (κ1) is 18.2. The predicted molar refractivity (Wildman–Crippen MR) is 101 cm³/mol. The number of amides is 2. The molecule has 2 amide bonds. The van der Waals surface area contributed by atoms with Crippen LogP contribution in [0.25, 0.3) is 0 Å². The van der Waals surface area contributed by atoms with Crippen LogP contribution in [-0.4, -0.2) is 18.4 Å². The molecule has 126 valence electrons. The van der Waals surface area contributed by atoms with Gasteiger partial charge in [-0.15, -0.1) is 0 Å². The largest absolute Gasteiger partial charge is 0.324 e. The lowest BCUT2D eigenvalue weighted by atomic mass is 10.1. The van der Waals surface area contributed by atoms with E-state index in [9.17, 15) is 9.59 Å². The summed E-state index contributed by atoms with van der Waals surface area (Å²) in [6, 6.07) is 11.5. The molecule has 0 unspecified atom stereocenters. The quantitative estimate of drug-likeness (QED) is 0.845. The normalized spacial score (nSPS) is 10.4. The summed E-state index contributed by atoms with van der Waals surface area (Å²) in [6.07, 6.45) is 0. The molecule has 0 spiro atoms. The topological polar surface area (TPSA) is 49.4 Å². The third kappa shape index (κ3) is 4.23. The van der Waals surface area contributed by atoms with E-state index < -0.39 is 0 Å². The number of para-hydroxylation sites is 1. The third-order valence-electron chi connectivity index (χ3n) is 3.89. The van der Waals surface area contributed by atoms with Crippen molar-refractivity contribution >= 4 is 39.1 Å². The van der Waals surface area contributed by atoms with Crippen molar-refractivity contribution in [2.24, 2.45) is 0 Å². The Morgan fingerprint density at radius 1 is 1.04 bits per heavy atom. The number of halogens is 1. The molecule has 24 heavy (non-hydrogen) atoms. The number of hydrogen-bond acceptors (Lipinski definition) is 2. The number of nitrogens with zero attached hydrogens (tertiary/aromatic N) is 1. The second kappa shape index (κ2) is 7.62. The Morgan fingerprint density at radius 2 is 1.67 bits per heavy atom. The van der Waals surface area contributed by atoms with Gasteiger partial charge in [0, 0.05) is 22.8 Å². The number of hydrogen-bond donors (Lipinski definition) is 1. The minimum atomic E-state index is -0.223. The highest BCUT2D eigenvalue weighted by atomic mass is 79.9. The molecule has 0 radical (unpaired) electrons. The van der Waals surface area contributed by atoms with E-state index in [1.807, 2.05) is 57.2 Å². The lowest BCUT2D eigenvalue weighted by Crippen LogP contribution is -2.36. The van der Waals surface area contributed by atoms with Crippen molar-refractivity contribution in [2.75, 3.05) is 16.8 Å². The van der Waals surface area contributed by atoms with Crippen LogP contribution in [0.1, 0.15) is 23.6 Å². The summed E-state index contributed by atoms with van der Waals surface area (Å²) in [7, 11) is 0. The second-order valence-electron chi connectivity index (χ2n) is 5.85. The van der Waals surface area contributed by atoms with E-state index in [-0.39, 0.29) is 18.4 Å². The van der Waals surface area contributed by atoms with Crippen LogP contribution in [0.4, 0.5) is 11.4 Å². The molecule has 2 aromatic carbocycles. The fraction of sp³-hybridized carbons (Fsp3) is 0.263. The van der Waals surface area contributed by atoms with Crippen molar-refractivity contribution < 1.29 is 9.59 Å². The van der Waals surface area contributed by atoms with E-state index in [1.165, 1.54) is 11.8 Å². The number of rotatable bonds is 4. The molecule has 1 N–H and O–H groups in total. The molecule has 4 nitrogen and oxygen atoms in total. The van der Waals surface area contributed by atoms with E-state index in [2.05, 4.69) is 21.2 Å². The number of carbonyl (C=O) groups excluding carboxylic acids is 2. The first-order valence-electron chi connectivity index (χ1n) is 7.70. The summed E-state index contributed by atoms with van der Waals surface area (Å²) in [4.78, 5) is 25.9. The molecular weight excluding hydrogens is 368 g/mol. The van der Waals surface area contributed by atoms with E-state index in [0.29, 0.717) is 5.69 Å². The monoisotopic (exact) mass is 388 g/mol. The zero-order valence-corrected chi connectivity index (χ0v) is 15.9. The maximum atomic E-state index is 12.4. The lowest BCUT2D eigenvalue weighted by Gasteiger charge is -2.22. The number of anilines is 2. The van der Waals surface area contributed by atoms with Crippen LogP contribution >= 0.6 is 15.9 Å². The molecule has 2 aromatic rings. The van der Waals surface area contributed by atoms with Gasteiger partial charge in [-0.1, -0.05) is 40.2 Å². The maximum absolute atomic E-state index is 12.4. The summed E-state index contributed by atoms with van der Waals surface area (Å²) in [5.74, 6) is -0.401. The highest BCUT2D eigenvalue weighted by Crippen LogP contribution is 2.24. The van der Waals surface area contributed by atoms with Gasteiger partial charge in [0.2, 0.25) is 11.8 Å². The minimum Gasteiger partial charge on any atom is -0.324 e. The molecule has 0 aliphatic carbocycles. The van der Waals surface area contributed by atoms with Gasteiger partial charge >= 0.3 is 0 Å². The highest BCUT2D eigenvalue weighted by Gasteiger charge is 2.17. The fourth-order valence-electron chi connectivity index (χ4n) is 2.47. The lowest BCUT2D eigenvalue weighted by molar-refractivity contribution is -0.120. The number of nitrogens with one attached hydrogen (secondary N) is 1. The van der Waals surface area contributed by atoms with Crippen molar-refractivity contribution in [1.82, 2.24) is 0 Å². The Morgan fingerprint density at radius 3 is 2.21 bits per heavy atom. The van der Waals surface area contributed by atoms with Gasteiger partial charge in [-0.2, -0.15) is 0 Å². The molecule has 0 atom stereocenters. The summed E-state index contributed by atoms with van der Waals surface area (Å²) in [5, 5.41) is 2.92. The van der Waals surface area contributed by atoms with E-state index in [4.69, 9.17) is 0 Å². The van der Waals surface area contributed by atoms with Gasteiger partial charge in [0.05, 0.1) is 0 Å². The molecule has 0 aromatic heterocycles. The van der Waals surface area contributed by atoms with Crippen molar-refractivity contribution in [3.05, 3.63) is 57.6 Å². The van der Waals surface area contributed by atoms with Crippen molar-refractivity contribution in [2.45, 2.75) is 27.7 Å². The fourth-order valence-corrected chi connectivity index (χ4v) is 2.83. The third-order valence-corrected chi connectivity index (χ3v) is 4.75. The van der Waals surface area contributed by atoms with E-state index in [1.54, 1.807) is 0 Å². The van der Waals surface area contributed by atoms with Crippen LogP contribution in [0.15, 0.2) is 40.9 Å². The van der Waals surface area contributed by atoms with Crippen LogP contribution in [0, 0.1) is 20.8 Å². The smallest absolute Gasteiger partial charge is 0.244 e. The van der Waals surface area contributed by atoms with Crippen molar-refractivity contribution in [3.63, 3.8) is 0 Å². The molecular formula is C19H21BrN2O2. The molecule has 0 heterocycles. The van der Waals surface area contributed by atoms with Gasteiger partial charge in [0.15, 0.2) is 0 Å². The number of aryl methyl sites for hydroxylation is 3. The molecule has 0 aliphatic rings. The molecule has 0 fully saturated rings. The average molecular weight is 389 g/mol. The second-order valence-corrected chi connectivity index (χ2v) is 6.71. The van der Waals surface area contributed by atoms with Crippen molar-refractivity contribution in [1.29, 1.82) is 0 Å². The van der Waals surface area contributed by atoms with Crippen LogP contribution in [-0.2, 0) is 9.59 Å². The maximum Gasteiger partial charge on any atom is 0.244 e. The molecule has 2 rings (SSSR count). The van der Waals surface area contributed by atoms with Gasteiger partial charge in [-0.05, 0) is 49.6 Å². The highest BCUT2D eigenvalue weighted by molar-refractivity contribution is 9.10. The Balaban J connectivity index is 2.20. The van der Waals surface area contributed by atoms with Gasteiger partial charge in [-0.3, -0.25) is 9.59 Å². The number of benzene rings is 2. The van der Waals surface area contributed by atoms with Gasteiger partial charge < -0.3 is 10.2 Å². The summed E-state index contributed by atoms with van der Waals surface area (Å²) in [5.41, 5.74) is 4.56. The Labute approximate surface area is 151 Å². The average Bonchev–Trinajstić information content (AvgIpc) is 2.51. The standard InChI is InChI=1S/C19H21BrN2O2/c1-12-8-9-16(10-17(12)20)22(15(4)23)11-18(24)21-19-13(2)6-5-7-14(19)3/h5-10H,11H2,1-4H3,(H,21,24). The molecule has 0 saturated heterocycles. The zero-order chi connectivity index (χ0) is 17.9. The molecule has 5 heteroatoms. The van der Waals surface area contributed by atoms with Crippen LogP contribution in [0.5, 0.6) is 0 Å². The van der Waals surface area contributed by atoms with Crippen LogP contribution < -0.4 is 10.2 Å². The summed E-state index contributed by atoms with van der Waals surface area (Å²) in [6.45, 7) is 7.29. The Bertz CT molecular complexity index is 767. The zero-order valence-electron chi connectivity index (χ0n) is 14.3. The molecule has 0 aliphatic heterocycles. The first-order chi connectivity index (χ1) is 11.3. The van der Waals surface area contributed by atoms with Gasteiger partial charge in [0.1, 0.15) is 6.54 Å². The SMILES string of the molecule is CC(=O)N(CC(=O)Nc1c(C)cccc1C)c1ccc(C)c(Br)c1. The minimum absolute atomic E-state index is 0.0292. The summed E-state index contributed by atoms with van der Waals surface area (Å²) < 4.78 is 0.904. The Kier molecular flexibility index (Phi) is 5.78.